The first-order valence-electron chi connectivity index (χ1n) is 7.40. The molecular weight excluding hydrogens is 282 g/mol. The maximum absolute atomic E-state index is 5.40. The third kappa shape index (κ3) is 2.66. The van der Waals surface area contributed by atoms with Gasteiger partial charge in [0, 0.05) is 13.1 Å². The summed E-state index contributed by atoms with van der Waals surface area (Å²) in [5.41, 5.74) is 2.56. The van der Waals surface area contributed by atoms with Crippen molar-refractivity contribution in [3.63, 3.8) is 0 Å². The number of hydrogen-bond acceptors (Lipinski definition) is 6. The highest BCUT2D eigenvalue weighted by molar-refractivity contribution is 5.48. The van der Waals surface area contributed by atoms with Gasteiger partial charge in [0.25, 0.3) is 0 Å². The van der Waals surface area contributed by atoms with Gasteiger partial charge in [0.05, 0.1) is 20.3 Å². The van der Waals surface area contributed by atoms with E-state index in [0.29, 0.717) is 11.7 Å². The highest BCUT2D eigenvalue weighted by atomic mass is 16.5. The normalized spacial score (nSPS) is 16.2. The van der Waals surface area contributed by atoms with Crippen LogP contribution in [0, 0.1) is 6.92 Å². The summed E-state index contributed by atoms with van der Waals surface area (Å²) in [6, 6.07) is 4.24. The standard InChI is InChI=1S/C16H21N3O3/c1-10(16-17-11(2)18-22-16)19-6-5-12-7-14(20-3)15(21-4)8-13(12)9-19/h7-8,10H,5-6,9H2,1-4H3/t10-/m1/s1. The highest BCUT2D eigenvalue weighted by Crippen LogP contribution is 2.35. The Kier molecular flexibility index (Phi) is 4.02. The fourth-order valence-electron chi connectivity index (χ4n) is 2.87. The fraction of sp³-hybridized carbons (Fsp3) is 0.500. The number of rotatable bonds is 4. The van der Waals surface area contributed by atoms with Crippen molar-refractivity contribution in [1.29, 1.82) is 0 Å². The molecule has 118 valence electrons. The molecular formula is C16H21N3O3. The molecule has 1 aliphatic rings. The molecule has 3 rings (SSSR count). The molecule has 22 heavy (non-hydrogen) atoms. The zero-order valence-electron chi connectivity index (χ0n) is 13.4. The van der Waals surface area contributed by atoms with Crippen molar-refractivity contribution in [2.24, 2.45) is 0 Å². The highest BCUT2D eigenvalue weighted by Gasteiger charge is 2.26. The number of fused-ring (bicyclic) bond motifs is 1. The topological polar surface area (TPSA) is 60.6 Å². The van der Waals surface area contributed by atoms with Crippen LogP contribution in [0.15, 0.2) is 16.7 Å². The smallest absolute Gasteiger partial charge is 0.243 e. The van der Waals surface area contributed by atoms with Crippen molar-refractivity contribution in [3.8, 4) is 11.5 Å². The molecule has 0 unspecified atom stereocenters. The third-order valence-corrected chi connectivity index (χ3v) is 4.20. The lowest BCUT2D eigenvalue weighted by atomic mass is 9.97. The van der Waals surface area contributed by atoms with Crippen LogP contribution in [0.5, 0.6) is 11.5 Å². The van der Waals surface area contributed by atoms with E-state index in [-0.39, 0.29) is 6.04 Å². The van der Waals surface area contributed by atoms with Gasteiger partial charge in [0.15, 0.2) is 17.3 Å². The monoisotopic (exact) mass is 303 g/mol. The van der Waals surface area contributed by atoms with E-state index in [1.165, 1.54) is 11.1 Å². The Morgan fingerprint density at radius 2 is 1.86 bits per heavy atom. The second kappa shape index (κ2) is 5.96. The molecule has 0 amide bonds. The Labute approximate surface area is 130 Å². The van der Waals surface area contributed by atoms with Crippen LogP contribution in [-0.2, 0) is 13.0 Å². The number of nitrogens with zero attached hydrogens (tertiary/aromatic N) is 3. The first-order valence-corrected chi connectivity index (χ1v) is 7.40. The summed E-state index contributed by atoms with van der Waals surface area (Å²) in [6.45, 7) is 5.71. The summed E-state index contributed by atoms with van der Waals surface area (Å²) < 4.78 is 16.1. The van der Waals surface area contributed by atoms with Gasteiger partial charge in [0.2, 0.25) is 5.89 Å². The Bertz CT molecular complexity index is 669. The maximum atomic E-state index is 5.40. The Hall–Kier alpha value is -2.08. The minimum Gasteiger partial charge on any atom is -0.493 e. The third-order valence-electron chi connectivity index (χ3n) is 4.20. The second-order valence-corrected chi connectivity index (χ2v) is 5.55. The number of methoxy groups -OCH3 is 2. The van der Waals surface area contributed by atoms with E-state index in [1.54, 1.807) is 14.2 Å². The van der Waals surface area contributed by atoms with E-state index in [9.17, 15) is 0 Å². The number of aromatic nitrogens is 2. The van der Waals surface area contributed by atoms with E-state index in [2.05, 4.69) is 34.1 Å². The summed E-state index contributed by atoms with van der Waals surface area (Å²) in [5, 5.41) is 3.88. The summed E-state index contributed by atoms with van der Waals surface area (Å²) in [5.74, 6) is 2.90. The van der Waals surface area contributed by atoms with Crippen LogP contribution >= 0.6 is 0 Å². The minimum absolute atomic E-state index is 0.0995. The molecule has 2 aromatic rings. The maximum Gasteiger partial charge on any atom is 0.243 e. The molecule has 0 radical (unpaired) electrons. The lowest BCUT2D eigenvalue weighted by Gasteiger charge is -2.32. The van der Waals surface area contributed by atoms with Gasteiger partial charge in [-0.1, -0.05) is 5.16 Å². The van der Waals surface area contributed by atoms with Crippen LogP contribution in [0.2, 0.25) is 0 Å². The van der Waals surface area contributed by atoms with E-state index < -0.39 is 0 Å². The Balaban J connectivity index is 1.84. The van der Waals surface area contributed by atoms with Gasteiger partial charge in [-0.2, -0.15) is 4.98 Å². The second-order valence-electron chi connectivity index (χ2n) is 5.55. The first-order chi connectivity index (χ1) is 10.6. The van der Waals surface area contributed by atoms with Crippen LogP contribution in [-0.4, -0.2) is 35.8 Å². The molecule has 6 nitrogen and oxygen atoms in total. The minimum atomic E-state index is 0.0995. The molecule has 0 fully saturated rings. The van der Waals surface area contributed by atoms with Crippen LogP contribution in [0.25, 0.3) is 0 Å². The lowest BCUT2D eigenvalue weighted by Crippen LogP contribution is -2.33. The predicted octanol–water partition coefficient (Wildman–Crippen LogP) is 2.51. The fourth-order valence-corrected chi connectivity index (χ4v) is 2.87. The number of aryl methyl sites for hydroxylation is 1. The van der Waals surface area contributed by atoms with E-state index in [0.717, 1.165) is 31.0 Å². The summed E-state index contributed by atoms with van der Waals surface area (Å²) in [7, 11) is 3.33. The summed E-state index contributed by atoms with van der Waals surface area (Å²) in [4.78, 5) is 6.67. The molecule has 0 saturated carbocycles. The SMILES string of the molecule is COc1cc2c(cc1OC)CN([C@H](C)c1nc(C)no1)CC2. The molecule has 6 heteroatoms. The van der Waals surface area contributed by atoms with Gasteiger partial charge in [-0.05, 0) is 43.5 Å². The zero-order valence-corrected chi connectivity index (χ0v) is 13.4. The van der Waals surface area contributed by atoms with Crippen molar-refractivity contribution in [2.75, 3.05) is 20.8 Å². The number of hydrogen-bond donors (Lipinski definition) is 0. The molecule has 1 atom stereocenters. The van der Waals surface area contributed by atoms with E-state index in [4.69, 9.17) is 14.0 Å². The van der Waals surface area contributed by atoms with Gasteiger partial charge in [0.1, 0.15) is 0 Å². The molecule has 0 saturated heterocycles. The van der Waals surface area contributed by atoms with Crippen molar-refractivity contribution < 1.29 is 14.0 Å². The zero-order chi connectivity index (χ0) is 15.7. The van der Waals surface area contributed by atoms with Gasteiger partial charge < -0.3 is 14.0 Å². The van der Waals surface area contributed by atoms with E-state index in [1.807, 2.05) is 6.92 Å². The lowest BCUT2D eigenvalue weighted by molar-refractivity contribution is 0.157. The van der Waals surface area contributed by atoms with E-state index >= 15 is 0 Å². The molecule has 0 spiro atoms. The first kappa shape index (κ1) is 14.8. The molecule has 2 heterocycles. The molecule has 0 N–H and O–H groups in total. The van der Waals surface area contributed by atoms with Gasteiger partial charge in [-0.25, -0.2) is 0 Å². The molecule has 1 aromatic carbocycles. The van der Waals surface area contributed by atoms with Gasteiger partial charge in [-0.15, -0.1) is 0 Å². The van der Waals surface area contributed by atoms with Crippen LogP contribution in [0.3, 0.4) is 0 Å². The Morgan fingerprint density at radius 3 is 2.45 bits per heavy atom. The molecule has 0 aliphatic carbocycles. The van der Waals surface area contributed by atoms with Gasteiger partial charge in [-0.3, -0.25) is 4.90 Å². The summed E-state index contributed by atoms with van der Waals surface area (Å²) >= 11 is 0. The average molecular weight is 303 g/mol. The van der Waals surface area contributed by atoms with Gasteiger partial charge >= 0.3 is 0 Å². The average Bonchev–Trinajstić information content (AvgIpc) is 2.98. The number of benzene rings is 1. The molecule has 1 aromatic heterocycles. The quantitative estimate of drug-likeness (QED) is 0.865. The predicted molar refractivity (Wildman–Crippen MR) is 81.1 cm³/mol. The van der Waals surface area contributed by atoms with Crippen LogP contribution in [0.1, 0.15) is 35.8 Å². The molecule has 0 bridgehead atoms. The van der Waals surface area contributed by atoms with Crippen molar-refractivity contribution >= 4 is 0 Å². The van der Waals surface area contributed by atoms with Crippen molar-refractivity contribution in [1.82, 2.24) is 15.0 Å². The molecule has 1 aliphatic heterocycles. The van der Waals surface area contributed by atoms with Crippen LogP contribution < -0.4 is 9.47 Å². The number of ether oxygens (including phenoxy) is 2. The summed E-state index contributed by atoms with van der Waals surface area (Å²) in [6.07, 6.45) is 0.965. The largest absolute Gasteiger partial charge is 0.493 e. The van der Waals surface area contributed by atoms with Crippen LogP contribution in [0.4, 0.5) is 0 Å². The Morgan fingerprint density at radius 1 is 1.18 bits per heavy atom. The van der Waals surface area contributed by atoms with Crippen molar-refractivity contribution in [3.05, 3.63) is 35.0 Å². The van der Waals surface area contributed by atoms with Crippen molar-refractivity contribution in [2.45, 2.75) is 32.9 Å².